The van der Waals surface area contributed by atoms with E-state index in [4.69, 9.17) is 18.9 Å². The van der Waals surface area contributed by atoms with Gasteiger partial charge in [0.2, 0.25) is 0 Å². The van der Waals surface area contributed by atoms with Gasteiger partial charge in [-0.1, -0.05) is 37.9 Å². The molecule has 0 N–H and O–H groups in total. The number of hydrogen-bond donors (Lipinski definition) is 0. The summed E-state index contributed by atoms with van der Waals surface area (Å²) in [5.74, 6) is -0.868. The highest BCUT2D eigenvalue weighted by atomic mass is 16.5. The number of unbranched alkanes of at least 4 members (excludes halogenated alkanes) is 1. The van der Waals surface area contributed by atoms with E-state index in [1.165, 1.54) is 12.2 Å². The lowest BCUT2D eigenvalue weighted by Gasteiger charge is -2.08. The first-order valence-electron chi connectivity index (χ1n) is 10.5. The van der Waals surface area contributed by atoms with Crippen molar-refractivity contribution in [2.75, 3.05) is 13.2 Å². The molecule has 7 heteroatoms. The van der Waals surface area contributed by atoms with Gasteiger partial charge in [-0.3, -0.25) is 0 Å². The Morgan fingerprint density at radius 1 is 0.735 bits per heavy atom. The van der Waals surface area contributed by atoms with Crippen molar-refractivity contribution in [1.29, 1.82) is 0 Å². The number of ether oxygens (including phenoxy) is 4. The van der Waals surface area contributed by atoms with E-state index in [-0.39, 0.29) is 11.5 Å². The minimum atomic E-state index is -0.600. The van der Waals surface area contributed by atoms with Gasteiger partial charge in [0, 0.05) is 6.08 Å². The van der Waals surface area contributed by atoms with E-state index in [2.05, 4.69) is 19.7 Å². The first-order chi connectivity index (χ1) is 16.4. The number of esters is 3. The van der Waals surface area contributed by atoms with Gasteiger partial charge in [-0.25, -0.2) is 14.4 Å². The van der Waals surface area contributed by atoms with Crippen LogP contribution in [0.2, 0.25) is 0 Å². The highest BCUT2D eigenvalue weighted by Crippen LogP contribution is 2.15. The van der Waals surface area contributed by atoms with Crippen molar-refractivity contribution in [3.8, 4) is 5.75 Å². The van der Waals surface area contributed by atoms with Crippen LogP contribution in [-0.2, 0) is 19.0 Å². The quantitative estimate of drug-likeness (QED) is 0.101. The van der Waals surface area contributed by atoms with Gasteiger partial charge >= 0.3 is 17.9 Å². The molecule has 0 aliphatic heterocycles. The Morgan fingerprint density at radius 2 is 1.26 bits per heavy atom. The molecule has 0 fully saturated rings. The van der Waals surface area contributed by atoms with Gasteiger partial charge in [-0.15, -0.1) is 0 Å². The molecule has 7 nitrogen and oxygen atoms in total. The van der Waals surface area contributed by atoms with Crippen LogP contribution >= 0.6 is 0 Å². The Morgan fingerprint density at radius 3 is 1.82 bits per heavy atom. The lowest BCUT2D eigenvalue weighted by molar-refractivity contribution is -0.137. The normalized spacial score (nSPS) is 10.2. The third kappa shape index (κ3) is 9.40. The minimum Gasteiger partial charge on any atom is -0.494 e. The van der Waals surface area contributed by atoms with Crippen molar-refractivity contribution in [2.24, 2.45) is 0 Å². The molecule has 176 valence electrons. The zero-order valence-corrected chi connectivity index (χ0v) is 18.7. The summed E-state index contributed by atoms with van der Waals surface area (Å²) in [7, 11) is 0. The monoisotopic (exact) mass is 462 g/mol. The van der Waals surface area contributed by atoms with Crippen molar-refractivity contribution in [1.82, 2.24) is 0 Å². The first-order valence-corrected chi connectivity index (χ1v) is 10.5. The Balaban J connectivity index is 1.72. The molecular weight excluding hydrogens is 436 g/mol. The van der Waals surface area contributed by atoms with Crippen LogP contribution in [0.15, 0.2) is 104 Å². The van der Waals surface area contributed by atoms with Gasteiger partial charge in [0.15, 0.2) is 0 Å². The van der Waals surface area contributed by atoms with Crippen molar-refractivity contribution in [3.05, 3.63) is 115 Å². The molecule has 0 amide bonds. The number of rotatable bonds is 13. The molecule has 0 saturated heterocycles. The summed E-state index contributed by atoms with van der Waals surface area (Å²) in [5.41, 5.74) is 0.705. The second-order valence-electron chi connectivity index (χ2n) is 6.86. The van der Waals surface area contributed by atoms with Crippen LogP contribution in [0.4, 0.5) is 0 Å². The second kappa shape index (κ2) is 13.9. The molecule has 0 aromatic heterocycles. The smallest absolute Gasteiger partial charge is 0.343 e. The van der Waals surface area contributed by atoms with E-state index in [0.717, 1.165) is 6.08 Å². The highest BCUT2D eigenvalue weighted by Gasteiger charge is 2.10. The number of benzene rings is 2. The van der Waals surface area contributed by atoms with Gasteiger partial charge in [0.25, 0.3) is 0 Å². The summed E-state index contributed by atoms with van der Waals surface area (Å²) in [6.07, 6.45) is 5.24. The van der Waals surface area contributed by atoms with Gasteiger partial charge in [0.05, 0.1) is 24.3 Å². The van der Waals surface area contributed by atoms with Crippen molar-refractivity contribution in [2.45, 2.75) is 12.8 Å². The summed E-state index contributed by atoms with van der Waals surface area (Å²) in [4.78, 5) is 35.2. The summed E-state index contributed by atoms with van der Waals surface area (Å²) < 4.78 is 20.8. The van der Waals surface area contributed by atoms with Crippen LogP contribution in [0.25, 0.3) is 0 Å². The molecule has 0 saturated carbocycles. The minimum absolute atomic E-state index is 0.0550. The van der Waals surface area contributed by atoms with Gasteiger partial charge < -0.3 is 18.9 Å². The predicted octanol–water partition coefficient (Wildman–Crippen LogP) is 5.17. The SMILES string of the molecule is C=CC(=O)OCCCCOc1ccc(C(=O)OC(=C)/C=C\C(=C)OC(=O)c2ccccc2)cc1. The van der Waals surface area contributed by atoms with E-state index in [1.807, 2.05) is 0 Å². The third-order valence-corrected chi connectivity index (χ3v) is 4.22. The molecule has 0 spiro atoms. The fraction of sp³-hybridized carbons (Fsp3) is 0.148. The maximum Gasteiger partial charge on any atom is 0.343 e. The molecule has 0 unspecified atom stereocenters. The molecular formula is C27H26O7. The van der Waals surface area contributed by atoms with Crippen LogP contribution in [0.5, 0.6) is 5.75 Å². The molecule has 0 aliphatic carbocycles. The van der Waals surface area contributed by atoms with Crippen molar-refractivity contribution < 1.29 is 33.3 Å². The van der Waals surface area contributed by atoms with Crippen LogP contribution in [-0.4, -0.2) is 31.1 Å². The van der Waals surface area contributed by atoms with Crippen LogP contribution in [0.3, 0.4) is 0 Å². The molecule has 0 aliphatic rings. The van der Waals surface area contributed by atoms with Crippen molar-refractivity contribution in [3.63, 3.8) is 0 Å². The molecule has 0 radical (unpaired) electrons. The van der Waals surface area contributed by atoms with E-state index < -0.39 is 17.9 Å². The van der Waals surface area contributed by atoms with Crippen LogP contribution in [0, 0.1) is 0 Å². The van der Waals surface area contributed by atoms with Gasteiger partial charge in [-0.2, -0.15) is 0 Å². The zero-order valence-electron chi connectivity index (χ0n) is 18.7. The van der Waals surface area contributed by atoms with Gasteiger partial charge in [-0.05, 0) is 61.4 Å². The van der Waals surface area contributed by atoms with Crippen LogP contribution in [0.1, 0.15) is 33.6 Å². The second-order valence-corrected chi connectivity index (χ2v) is 6.86. The maximum absolute atomic E-state index is 12.3. The van der Waals surface area contributed by atoms with E-state index >= 15 is 0 Å². The topological polar surface area (TPSA) is 88.1 Å². The number of hydrogen-bond acceptors (Lipinski definition) is 7. The standard InChI is InChI=1S/C27H26O7/c1-4-25(28)32-19-9-8-18-31-24-16-14-23(15-17-24)27(30)34-21(3)13-12-20(2)33-26(29)22-10-6-5-7-11-22/h4-7,10-17H,1-3,8-9,18-19H2/b13-12-. The van der Waals surface area contributed by atoms with E-state index in [9.17, 15) is 14.4 Å². The van der Waals surface area contributed by atoms with E-state index in [1.54, 1.807) is 54.6 Å². The largest absolute Gasteiger partial charge is 0.494 e. The summed E-state index contributed by atoms with van der Waals surface area (Å²) in [6, 6.07) is 14.9. The average molecular weight is 462 g/mol. The summed E-state index contributed by atoms with van der Waals surface area (Å²) in [5, 5.41) is 0. The molecule has 2 aromatic rings. The summed E-state index contributed by atoms with van der Waals surface area (Å²) in [6.45, 7) is 11.4. The number of carbonyl (C=O) groups is 3. The number of carbonyl (C=O) groups excluding carboxylic acids is 3. The fourth-order valence-corrected chi connectivity index (χ4v) is 2.50. The first kappa shape index (κ1) is 25.9. The van der Waals surface area contributed by atoms with Gasteiger partial charge in [0.1, 0.15) is 17.3 Å². The third-order valence-electron chi connectivity index (χ3n) is 4.22. The Bertz CT molecular complexity index is 1050. The summed E-state index contributed by atoms with van der Waals surface area (Å²) >= 11 is 0. The van der Waals surface area contributed by atoms with Crippen molar-refractivity contribution >= 4 is 17.9 Å². The predicted molar refractivity (Wildman–Crippen MR) is 127 cm³/mol. The van der Waals surface area contributed by atoms with E-state index in [0.29, 0.717) is 42.9 Å². The van der Waals surface area contributed by atoms with Crippen LogP contribution < -0.4 is 4.74 Å². The molecule has 0 heterocycles. The Labute approximate surface area is 198 Å². The molecule has 2 aromatic carbocycles. The number of allylic oxidation sites excluding steroid dienone is 2. The maximum atomic E-state index is 12.3. The average Bonchev–Trinajstić information content (AvgIpc) is 2.85. The molecule has 2 rings (SSSR count). The lowest BCUT2D eigenvalue weighted by Crippen LogP contribution is -2.05. The highest BCUT2D eigenvalue weighted by molar-refractivity contribution is 5.91. The lowest BCUT2D eigenvalue weighted by atomic mass is 10.2. The molecule has 34 heavy (non-hydrogen) atoms. The molecule has 0 bridgehead atoms. The Kier molecular flexibility index (Phi) is 10.6. The Hall–Kier alpha value is -4.39. The zero-order chi connectivity index (χ0) is 24.8. The fourth-order valence-electron chi connectivity index (χ4n) is 2.50. The molecule has 0 atom stereocenters.